The van der Waals surface area contributed by atoms with Gasteiger partial charge < -0.3 is 10.9 Å². The summed E-state index contributed by atoms with van der Waals surface area (Å²) < 4.78 is 0. The van der Waals surface area contributed by atoms with E-state index in [4.69, 9.17) is 34.1 Å². The van der Waals surface area contributed by atoms with Crippen molar-refractivity contribution in [2.75, 3.05) is 0 Å². The van der Waals surface area contributed by atoms with Crippen molar-refractivity contribution >= 4 is 40.8 Å². The van der Waals surface area contributed by atoms with Crippen molar-refractivity contribution in [3.8, 4) is 0 Å². The molecule has 0 aliphatic carbocycles. The summed E-state index contributed by atoms with van der Waals surface area (Å²) in [4.78, 5) is 8.27. The fourth-order valence-electron chi connectivity index (χ4n) is 1.27. The molecule has 0 aliphatic rings. The molecule has 2 aromatic heterocycles. The Morgan fingerprint density at radius 1 is 1.26 bits per heavy atom. The number of hydrogen-bond acceptors (Lipinski definition) is 5. The minimum absolute atomic E-state index is 0.0710. The Kier molecular flexibility index (Phi) is 4.47. The maximum atomic E-state index is 8.67. The highest BCUT2D eigenvalue weighted by atomic mass is 35.5. The zero-order valence-corrected chi connectivity index (χ0v) is 11.7. The lowest BCUT2D eigenvalue weighted by Crippen LogP contribution is -2.14. The van der Waals surface area contributed by atoms with Gasteiger partial charge in [0.15, 0.2) is 5.84 Å². The smallest absolute Gasteiger partial charge is 0.171 e. The van der Waals surface area contributed by atoms with Gasteiger partial charge in [-0.2, -0.15) is 0 Å². The normalized spacial score (nSPS) is 11.6. The van der Waals surface area contributed by atoms with Crippen LogP contribution in [-0.4, -0.2) is 21.0 Å². The summed E-state index contributed by atoms with van der Waals surface area (Å²) in [6, 6.07) is 5.04. The molecule has 0 bridgehead atoms. The number of halogens is 2. The summed E-state index contributed by atoms with van der Waals surface area (Å²) in [6.07, 6.45) is 3.06. The summed E-state index contributed by atoms with van der Waals surface area (Å²) >= 11 is 13.2. The van der Waals surface area contributed by atoms with Gasteiger partial charge in [-0.25, -0.2) is 9.97 Å². The maximum absolute atomic E-state index is 8.67. The summed E-state index contributed by atoms with van der Waals surface area (Å²) in [7, 11) is 0. The van der Waals surface area contributed by atoms with Gasteiger partial charge in [-0.1, -0.05) is 28.4 Å². The van der Waals surface area contributed by atoms with Crippen molar-refractivity contribution in [1.82, 2.24) is 9.97 Å². The third-order valence-corrected chi connectivity index (χ3v) is 3.81. The molecule has 0 radical (unpaired) electrons. The fraction of sp³-hybridized carbons (Fsp3) is 0. The highest BCUT2D eigenvalue weighted by molar-refractivity contribution is 7.99. The second-order valence-electron chi connectivity index (χ2n) is 3.38. The SMILES string of the molecule is N/C(=N/O)c1ccnc(Sc2ccc(Cl)cn2)c1Cl. The average Bonchev–Trinajstić information content (AvgIpc) is 2.43. The summed E-state index contributed by atoms with van der Waals surface area (Å²) in [5.74, 6) is -0.0710. The lowest BCUT2D eigenvalue weighted by Gasteiger charge is -2.06. The molecule has 3 N–H and O–H groups in total. The third-order valence-electron chi connectivity index (χ3n) is 2.14. The van der Waals surface area contributed by atoms with Crippen LogP contribution in [-0.2, 0) is 0 Å². The highest BCUT2D eigenvalue weighted by Crippen LogP contribution is 2.32. The van der Waals surface area contributed by atoms with E-state index in [2.05, 4.69) is 15.1 Å². The van der Waals surface area contributed by atoms with E-state index in [1.54, 1.807) is 18.2 Å². The Hall–Kier alpha value is -1.50. The minimum Gasteiger partial charge on any atom is -0.409 e. The topological polar surface area (TPSA) is 84.4 Å². The number of amidine groups is 1. The molecular formula is C11H8Cl2N4OS. The average molecular weight is 315 g/mol. The van der Waals surface area contributed by atoms with Gasteiger partial charge in [0, 0.05) is 18.0 Å². The summed E-state index contributed by atoms with van der Waals surface area (Å²) in [6.45, 7) is 0. The second kappa shape index (κ2) is 6.10. The maximum Gasteiger partial charge on any atom is 0.171 e. The molecule has 0 aromatic carbocycles. The highest BCUT2D eigenvalue weighted by Gasteiger charge is 2.12. The monoisotopic (exact) mass is 314 g/mol. The molecule has 8 heteroatoms. The first kappa shape index (κ1) is 13.9. The van der Waals surface area contributed by atoms with E-state index in [0.717, 1.165) is 0 Å². The first-order chi connectivity index (χ1) is 9.11. The predicted octanol–water partition coefficient (Wildman–Crippen LogP) is 3.03. The molecule has 2 heterocycles. The lowest BCUT2D eigenvalue weighted by molar-refractivity contribution is 0.318. The zero-order valence-electron chi connectivity index (χ0n) is 9.42. The van der Waals surface area contributed by atoms with E-state index in [9.17, 15) is 0 Å². The van der Waals surface area contributed by atoms with Gasteiger partial charge in [0.1, 0.15) is 10.1 Å². The molecule has 0 spiro atoms. The molecule has 0 saturated carbocycles. The lowest BCUT2D eigenvalue weighted by atomic mass is 10.2. The Morgan fingerprint density at radius 3 is 2.68 bits per heavy atom. The molecule has 98 valence electrons. The molecule has 0 unspecified atom stereocenters. The third kappa shape index (κ3) is 3.28. The fourth-order valence-corrected chi connectivity index (χ4v) is 2.46. The van der Waals surface area contributed by atoms with Gasteiger partial charge in [-0.3, -0.25) is 0 Å². The van der Waals surface area contributed by atoms with Crippen LogP contribution in [0.2, 0.25) is 10.0 Å². The number of hydrogen-bond donors (Lipinski definition) is 2. The number of nitrogens with zero attached hydrogens (tertiary/aromatic N) is 3. The Labute approximate surface area is 123 Å². The van der Waals surface area contributed by atoms with Gasteiger partial charge in [0.2, 0.25) is 0 Å². The standard InChI is InChI=1S/C11H8Cl2N4OS/c12-6-1-2-8(16-5-6)19-11-9(13)7(3-4-15-11)10(14)17-18/h1-5,18H,(H2,14,17). The molecule has 2 aromatic rings. The molecule has 19 heavy (non-hydrogen) atoms. The van der Waals surface area contributed by atoms with E-state index in [1.807, 2.05) is 0 Å². The molecule has 0 atom stereocenters. The molecule has 2 rings (SSSR count). The van der Waals surface area contributed by atoms with Crippen LogP contribution in [0.1, 0.15) is 5.56 Å². The van der Waals surface area contributed by atoms with E-state index in [1.165, 1.54) is 24.2 Å². The van der Waals surface area contributed by atoms with Crippen LogP contribution in [0.25, 0.3) is 0 Å². The predicted molar refractivity (Wildman–Crippen MR) is 75.1 cm³/mol. The Morgan fingerprint density at radius 2 is 2.05 bits per heavy atom. The Bertz CT molecular complexity index is 619. The van der Waals surface area contributed by atoms with E-state index in [-0.39, 0.29) is 5.84 Å². The van der Waals surface area contributed by atoms with Crippen molar-refractivity contribution in [2.45, 2.75) is 10.1 Å². The van der Waals surface area contributed by atoms with Gasteiger partial charge in [0.25, 0.3) is 0 Å². The van der Waals surface area contributed by atoms with E-state index >= 15 is 0 Å². The largest absolute Gasteiger partial charge is 0.409 e. The molecule has 0 fully saturated rings. The van der Waals surface area contributed by atoms with Gasteiger partial charge in [0.05, 0.1) is 10.0 Å². The molecule has 5 nitrogen and oxygen atoms in total. The van der Waals surface area contributed by atoms with Crippen LogP contribution in [0.4, 0.5) is 0 Å². The number of rotatable bonds is 3. The first-order valence-electron chi connectivity index (χ1n) is 5.03. The zero-order chi connectivity index (χ0) is 13.8. The number of oxime groups is 1. The molecule has 0 amide bonds. The van der Waals surface area contributed by atoms with Crippen molar-refractivity contribution in [2.24, 2.45) is 10.9 Å². The van der Waals surface area contributed by atoms with Crippen molar-refractivity contribution < 1.29 is 5.21 Å². The van der Waals surface area contributed by atoms with Crippen LogP contribution in [0, 0.1) is 0 Å². The van der Waals surface area contributed by atoms with Gasteiger partial charge in [-0.15, -0.1) is 0 Å². The van der Waals surface area contributed by atoms with Crippen molar-refractivity contribution in [1.29, 1.82) is 0 Å². The van der Waals surface area contributed by atoms with Crippen molar-refractivity contribution in [3.63, 3.8) is 0 Å². The second-order valence-corrected chi connectivity index (χ2v) is 5.20. The van der Waals surface area contributed by atoms with Crippen LogP contribution in [0.5, 0.6) is 0 Å². The van der Waals surface area contributed by atoms with Crippen LogP contribution in [0.15, 0.2) is 45.8 Å². The minimum atomic E-state index is -0.0710. The van der Waals surface area contributed by atoms with Crippen LogP contribution in [0.3, 0.4) is 0 Å². The summed E-state index contributed by atoms with van der Waals surface area (Å²) in [5.41, 5.74) is 5.94. The molecule has 0 saturated heterocycles. The Balaban J connectivity index is 2.33. The van der Waals surface area contributed by atoms with Crippen LogP contribution >= 0.6 is 35.0 Å². The van der Waals surface area contributed by atoms with E-state index < -0.39 is 0 Å². The van der Waals surface area contributed by atoms with Crippen molar-refractivity contribution in [3.05, 3.63) is 46.2 Å². The number of pyridine rings is 2. The molecule has 0 aliphatic heterocycles. The van der Waals surface area contributed by atoms with E-state index in [0.29, 0.717) is 25.7 Å². The summed E-state index contributed by atoms with van der Waals surface area (Å²) in [5, 5.41) is 13.7. The molecular weight excluding hydrogens is 307 g/mol. The quantitative estimate of drug-likeness (QED) is 0.394. The first-order valence-corrected chi connectivity index (χ1v) is 6.61. The van der Waals surface area contributed by atoms with Gasteiger partial charge >= 0.3 is 0 Å². The number of aromatic nitrogens is 2. The van der Waals surface area contributed by atoms with Gasteiger partial charge in [-0.05, 0) is 30.0 Å². The number of nitrogens with two attached hydrogens (primary N) is 1. The van der Waals surface area contributed by atoms with Crippen LogP contribution < -0.4 is 5.73 Å².